The number of hydrogen-bond acceptors (Lipinski definition) is 5. The van der Waals surface area contributed by atoms with Gasteiger partial charge in [-0.25, -0.2) is 0 Å². The normalized spacial score (nSPS) is 17.6. The van der Waals surface area contributed by atoms with Crippen LogP contribution in [0.5, 0.6) is 11.5 Å². The van der Waals surface area contributed by atoms with Crippen LogP contribution < -0.4 is 9.64 Å². The van der Waals surface area contributed by atoms with Gasteiger partial charge in [0.15, 0.2) is 0 Å². The van der Waals surface area contributed by atoms with Gasteiger partial charge in [0.2, 0.25) is 0 Å². The van der Waals surface area contributed by atoms with Crippen LogP contribution in [0.25, 0.3) is 5.76 Å². The number of aliphatic hydroxyl groups excluding tert-OH is 1. The Balaban J connectivity index is 1.89. The molecule has 1 unspecified atom stereocenters. The number of ketones is 1. The molecule has 1 heterocycles. The molecule has 0 bridgehead atoms. The van der Waals surface area contributed by atoms with E-state index in [2.05, 4.69) is 0 Å². The van der Waals surface area contributed by atoms with Gasteiger partial charge in [0.25, 0.3) is 11.7 Å². The van der Waals surface area contributed by atoms with Crippen LogP contribution >= 0.6 is 0 Å². The number of methoxy groups -OCH3 is 1. The molecule has 3 aromatic carbocycles. The number of nitrogens with zero attached hydrogens (tertiary/aromatic N) is 1. The fourth-order valence-electron chi connectivity index (χ4n) is 3.87. The summed E-state index contributed by atoms with van der Waals surface area (Å²) in [5.74, 6) is -1.09. The zero-order valence-electron chi connectivity index (χ0n) is 17.8. The van der Waals surface area contributed by atoms with Crippen LogP contribution in [0.15, 0.2) is 78.4 Å². The van der Waals surface area contributed by atoms with Gasteiger partial charge in [-0.3, -0.25) is 14.5 Å². The minimum Gasteiger partial charge on any atom is -0.508 e. The van der Waals surface area contributed by atoms with E-state index in [9.17, 15) is 19.8 Å². The standard InChI is InChI=1S/C26H23NO5/c1-3-16-4-10-19(11-5-16)27-23(17-6-12-20(28)13-7-17)22(25(30)26(27)31)24(29)18-8-14-21(32-2)15-9-18/h4-15,23,28-29H,3H2,1-2H3/b24-22+. The highest BCUT2D eigenvalue weighted by Crippen LogP contribution is 2.42. The average molecular weight is 429 g/mol. The van der Waals surface area contributed by atoms with Gasteiger partial charge < -0.3 is 14.9 Å². The van der Waals surface area contributed by atoms with Crippen molar-refractivity contribution in [1.29, 1.82) is 0 Å². The van der Waals surface area contributed by atoms with Crippen LogP contribution in [0, 0.1) is 0 Å². The molecule has 32 heavy (non-hydrogen) atoms. The summed E-state index contributed by atoms with van der Waals surface area (Å²) >= 11 is 0. The van der Waals surface area contributed by atoms with Gasteiger partial charge in [-0.05, 0) is 66.1 Å². The van der Waals surface area contributed by atoms with Gasteiger partial charge in [0, 0.05) is 11.3 Å². The topological polar surface area (TPSA) is 87.1 Å². The maximum Gasteiger partial charge on any atom is 0.300 e. The largest absolute Gasteiger partial charge is 0.508 e. The van der Waals surface area contributed by atoms with Crippen LogP contribution in [0.2, 0.25) is 0 Å². The van der Waals surface area contributed by atoms with Crippen LogP contribution in [-0.2, 0) is 16.0 Å². The van der Waals surface area contributed by atoms with E-state index >= 15 is 0 Å². The van der Waals surface area contributed by atoms with Gasteiger partial charge in [0.05, 0.1) is 18.7 Å². The molecule has 0 saturated carbocycles. The quantitative estimate of drug-likeness (QED) is 0.352. The van der Waals surface area contributed by atoms with Gasteiger partial charge in [-0.2, -0.15) is 0 Å². The Bertz CT molecular complexity index is 1180. The van der Waals surface area contributed by atoms with Gasteiger partial charge >= 0.3 is 0 Å². The van der Waals surface area contributed by atoms with E-state index in [-0.39, 0.29) is 17.1 Å². The van der Waals surface area contributed by atoms with Crippen molar-refractivity contribution in [3.63, 3.8) is 0 Å². The average Bonchev–Trinajstić information content (AvgIpc) is 3.09. The van der Waals surface area contributed by atoms with E-state index in [1.165, 1.54) is 24.1 Å². The summed E-state index contributed by atoms with van der Waals surface area (Å²) in [5.41, 5.74) is 2.64. The van der Waals surface area contributed by atoms with Crippen LogP contribution in [0.1, 0.15) is 29.7 Å². The molecular formula is C26H23NO5. The monoisotopic (exact) mass is 429 g/mol. The third kappa shape index (κ3) is 3.71. The second kappa shape index (κ2) is 8.59. The first-order valence-corrected chi connectivity index (χ1v) is 10.3. The summed E-state index contributed by atoms with van der Waals surface area (Å²) in [5, 5.41) is 20.8. The molecular weight excluding hydrogens is 406 g/mol. The van der Waals surface area contributed by atoms with Crippen molar-refractivity contribution in [3.05, 3.63) is 95.1 Å². The highest BCUT2D eigenvalue weighted by molar-refractivity contribution is 6.51. The van der Waals surface area contributed by atoms with Crippen molar-refractivity contribution >= 4 is 23.1 Å². The molecule has 1 aliphatic heterocycles. The van der Waals surface area contributed by atoms with Crippen LogP contribution in [0.4, 0.5) is 5.69 Å². The fraction of sp³-hybridized carbons (Fsp3) is 0.154. The number of aliphatic hydroxyl groups is 1. The minimum atomic E-state index is -0.842. The molecule has 162 valence electrons. The van der Waals surface area contributed by atoms with Crippen molar-refractivity contribution in [1.82, 2.24) is 0 Å². The summed E-state index contributed by atoms with van der Waals surface area (Å²) < 4.78 is 5.16. The molecule has 1 amide bonds. The molecule has 0 radical (unpaired) electrons. The maximum absolute atomic E-state index is 13.1. The van der Waals surface area contributed by atoms with Crippen molar-refractivity contribution in [2.75, 3.05) is 12.0 Å². The lowest BCUT2D eigenvalue weighted by atomic mass is 9.95. The number of carbonyl (C=O) groups excluding carboxylic acids is 2. The SMILES string of the molecule is CCc1ccc(N2C(=O)C(=O)/C(=C(/O)c3ccc(OC)cc3)C2c2ccc(O)cc2)cc1. The summed E-state index contributed by atoms with van der Waals surface area (Å²) in [6.07, 6.45) is 0.845. The number of ether oxygens (including phenoxy) is 1. The lowest BCUT2D eigenvalue weighted by Gasteiger charge is -2.25. The lowest BCUT2D eigenvalue weighted by Crippen LogP contribution is -2.29. The number of carbonyl (C=O) groups is 2. The minimum absolute atomic E-state index is 0.00887. The summed E-state index contributed by atoms with van der Waals surface area (Å²) in [6, 6.07) is 19.4. The number of benzene rings is 3. The number of anilines is 1. The molecule has 0 aliphatic carbocycles. The van der Waals surface area contributed by atoms with Gasteiger partial charge in [-0.15, -0.1) is 0 Å². The molecule has 0 spiro atoms. The van der Waals surface area contributed by atoms with Crippen molar-refractivity contribution < 1.29 is 24.5 Å². The van der Waals surface area contributed by atoms with E-state index in [4.69, 9.17) is 4.74 Å². The number of phenolic OH excluding ortho intramolecular Hbond substituents is 1. The van der Waals surface area contributed by atoms with Crippen LogP contribution in [0.3, 0.4) is 0 Å². The molecule has 6 nitrogen and oxygen atoms in total. The molecule has 2 N–H and O–H groups in total. The Hall–Kier alpha value is -4.06. The number of Topliss-reactive ketones (excluding diaryl/α,β-unsaturated/α-hetero) is 1. The number of hydrogen-bond donors (Lipinski definition) is 2. The fourth-order valence-corrected chi connectivity index (χ4v) is 3.87. The first-order chi connectivity index (χ1) is 15.4. The Labute approximate surface area is 186 Å². The Morgan fingerprint density at radius 1 is 0.938 bits per heavy atom. The van der Waals surface area contributed by atoms with Crippen molar-refractivity contribution in [2.45, 2.75) is 19.4 Å². The second-order valence-electron chi connectivity index (χ2n) is 7.51. The van der Waals surface area contributed by atoms with Gasteiger partial charge in [0.1, 0.15) is 17.3 Å². The van der Waals surface area contributed by atoms with Crippen molar-refractivity contribution in [3.8, 4) is 11.5 Å². The summed E-state index contributed by atoms with van der Waals surface area (Å²) in [6.45, 7) is 2.03. The lowest BCUT2D eigenvalue weighted by molar-refractivity contribution is -0.132. The number of phenols is 1. The smallest absolute Gasteiger partial charge is 0.300 e. The predicted octanol–water partition coefficient (Wildman–Crippen LogP) is 4.59. The first kappa shape index (κ1) is 21.2. The third-order valence-corrected chi connectivity index (χ3v) is 5.64. The van der Waals surface area contributed by atoms with E-state index in [1.807, 2.05) is 19.1 Å². The molecule has 1 fully saturated rings. The maximum atomic E-state index is 13.1. The first-order valence-electron chi connectivity index (χ1n) is 10.3. The van der Waals surface area contributed by atoms with Crippen LogP contribution in [-0.4, -0.2) is 29.0 Å². The highest BCUT2D eigenvalue weighted by atomic mass is 16.5. The van der Waals surface area contributed by atoms with E-state index in [0.29, 0.717) is 22.6 Å². The third-order valence-electron chi connectivity index (χ3n) is 5.64. The predicted molar refractivity (Wildman–Crippen MR) is 122 cm³/mol. The molecule has 1 atom stereocenters. The Morgan fingerprint density at radius 2 is 1.56 bits per heavy atom. The van der Waals surface area contributed by atoms with Gasteiger partial charge in [-0.1, -0.05) is 31.2 Å². The second-order valence-corrected chi connectivity index (χ2v) is 7.51. The Morgan fingerprint density at radius 3 is 2.12 bits per heavy atom. The molecule has 6 heteroatoms. The van der Waals surface area contributed by atoms with E-state index in [1.54, 1.807) is 48.5 Å². The molecule has 1 aliphatic rings. The highest BCUT2D eigenvalue weighted by Gasteiger charge is 2.46. The summed E-state index contributed by atoms with van der Waals surface area (Å²) in [4.78, 5) is 27.6. The number of amides is 1. The molecule has 0 aromatic heterocycles. The zero-order chi connectivity index (χ0) is 22.8. The number of aryl methyl sites for hydroxylation is 1. The molecule has 4 rings (SSSR count). The van der Waals surface area contributed by atoms with Crippen molar-refractivity contribution in [2.24, 2.45) is 0 Å². The number of aromatic hydroxyl groups is 1. The Kier molecular flexibility index (Phi) is 5.69. The zero-order valence-corrected chi connectivity index (χ0v) is 17.8. The summed E-state index contributed by atoms with van der Waals surface area (Å²) in [7, 11) is 1.54. The molecule has 3 aromatic rings. The molecule has 1 saturated heterocycles. The van der Waals surface area contributed by atoms with E-state index in [0.717, 1.165) is 12.0 Å². The number of rotatable bonds is 5. The van der Waals surface area contributed by atoms with E-state index < -0.39 is 17.7 Å².